The molecule has 3 aromatic rings. The Morgan fingerprint density at radius 1 is 1.35 bits per heavy atom. The lowest BCUT2D eigenvalue weighted by atomic mass is 10.1. The van der Waals surface area contributed by atoms with Crippen LogP contribution < -0.4 is 20.7 Å². The van der Waals surface area contributed by atoms with E-state index in [1.807, 2.05) is 42.2 Å². The van der Waals surface area contributed by atoms with E-state index < -0.39 is 20.3 Å². The number of halogens is 3. The van der Waals surface area contributed by atoms with E-state index >= 15 is 0 Å². The third-order valence-electron chi connectivity index (χ3n) is 7.09. The van der Waals surface area contributed by atoms with Crippen molar-refractivity contribution in [1.29, 1.82) is 0 Å². The van der Waals surface area contributed by atoms with E-state index in [1.165, 1.54) is 30.1 Å². The fraction of sp³-hybridized carbons (Fsp3) is 0.400. The van der Waals surface area contributed by atoms with E-state index in [9.17, 15) is 9.18 Å². The third kappa shape index (κ3) is 10.6. The molecule has 2 aromatic heterocycles. The Hall–Kier alpha value is -2.86. The number of carbonyl (C=O) groups excluding carboxylic acids is 1. The number of carbonyl (C=O) groups is 1. The average Bonchev–Trinajstić information content (AvgIpc) is 3.60. The number of aromatic nitrogens is 4. The average molecular weight is 804 g/mol. The molecule has 1 fully saturated rings. The van der Waals surface area contributed by atoms with E-state index in [4.69, 9.17) is 41.0 Å². The van der Waals surface area contributed by atoms with Crippen LogP contribution >= 0.6 is 48.0 Å². The third-order valence-corrected chi connectivity index (χ3v) is 9.63. The Kier molecular flexibility index (Phi) is 15.1. The second-order valence-corrected chi connectivity index (χ2v) is 13.8. The number of nitrogens with zero attached hydrogens (tertiary/aromatic N) is 5. The molecule has 0 bridgehead atoms. The number of fused-ring (bicyclic) bond motifs is 1. The van der Waals surface area contributed by atoms with Gasteiger partial charge in [0.1, 0.15) is 31.0 Å². The smallest absolute Gasteiger partial charge is 0.320 e. The molecular formula is C30H38BrClFN8O6PS. The van der Waals surface area contributed by atoms with Gasteiger partial charge in [-0.25, -0.2) is 14.5 Å². The summed E-state index contributed by atoms with van der Waals surface area (Å²) in [4.78, 5) is 29.1. The van der Waals surface area contributed by atoms with E-state index in [2.05, 4.69) is 47.7 Å². The van der Waals surface area contributed by atoms with Gasteiger partial charge in [-0.1, -0.05) is 64.6 Å². The zero-order chi connectivity index (χ0) is 35.5. The molecule has 3 unspecified atom stereocenters. The quantitative estimate of drug-likeness (QED) is 0.0681. The molecule has 1 saturated heterocycles. The van der Waals surface area contributed by atoms with Crippen molar-refractivity contribution in [3.8, 4) is 0 Å². The minimum absolute atomic E-state index is 0.0835. The van der Waals surface area contributed by atoms with Crippen LogP contribution in [0.25, 0.3) is 11.2 Å². The van der Waals surface area contributed by atoms with Crippen molar-refractivity contribution in [3.63, 3.8) is 0 Å². The highest BCUT2D eigenvalue weighted by atomic mass is 79.9. The van der Waals surface area contributed by atoms with Crippen molar-refractivity contribution >= 4 is 76.9 Å². The van der Waals surface area contributed by atoms with Gasteiger partial charge in [0, 0.05) is 36.5 Å². The summed E-state index contributed by atoms with van der Waals surface area (Å²) >= 11 is 10.9. The monoisotopic (exact) mass is 802 g/mol. The van der Waals surface area contributed by atoms with Gasteiger partial charge in [0.05, 0.1) is 24.1 Å². The number of aliphatic hydroxyl groups excluding tert-OH is 1. The largest absolute Gasteiger partial charge is 0.460 e. The Balaban J connectivity index is 0.00000265. The predicted molar refractivity (Wildman–Crippen MR) is 193 cm³/mol. The van der Waals surface area contributed by atoms with Crippen LogP contribution in [0, 0.1) is 11.7 Å². The van der Waals surface area contributed by atoms with Crippen molar-refractivity contribution in [3.05, 3.63) is 75.5 Å². The van der Waals surface area contributed by atoms with Gasteiger partial charge in [-0.2, -0.15) is 14.8 Å². The highest BCUT2D eigenvalue weighted by Crippen LogP contribution is 2.42. The SMILES string of the molecule is CO.CSNN(C)c1nc(N)nc2c1ncn2[C@@H]1OC(COP(NCC(=O)OCc2c(F)cccc2Cl)OC2=CC=C(Br)C=CC2)CC1C. The molecule has 0 radical (unpaired) electrons. The molecule has 1 aliphatic carbocycles. The number of hydrogen-bond acceptors (Lipinski definition) is 14. The minimum atomic E-state index is -1.81. The van der Waals surface area contributed by atoms with Gasteiger partial charge < -0.3 is 29.4 Å². The van der Waals surface area contributed by atoms with Crippen molar-refractivity contribution < 1.29 is 32.8 Å². The number of benzene rings is 1. The van der Waals surface area contributed by atoms with E-state index in [0.717, 1.165) is 11.6 Å². The summed E-state index contributed by atoms with van der Waals surface area (Å²) in [5.41, 5.74) is 7.29. The van der Waals surface area contributed by atoms with Crippen LogP contribution in [0.3, 0.4) is 0 Å². The van der Waals surface area contributed by atoms with Crippen LogP contribution in [0.1, 0.15) is 31.6 Å². The van der Waals surface area contributed by atoms with Crippen LogP contribution in [-0.2, 0) is 29.9 Å². The molecule has 1 aliphatic heterocycles. The van der Waals surface area contributed by atoms with E-state index in [-0.39, 0.29) is 54.5 Å². The van der Waals surface area contributed by atoms with Gasteiger partial charge in [-0.15, -0.1) is 0 Å². The molecule has 1 aromatic carbocycles. The Morgan fingerprint density at radius 2 is 2.14 bits per heavy atom. The number of ether oxygens (including phenoxy) is 2. The van der Waals surface area contributed by atoms with Crippen LogP contribution in [-0.4, -0.2) is 70.3 Å². The van der Waals surface area contributed by atoms with Crippen molar-refractivity contribution in [2.45, 2.75) is 38.7 Å². The predicted octanol–water partition coefficient (Wildman–Crippen LogP) is 5.67. The standard InChI is InChI=1S/C29H34BrClFN8O5PS.CH4O/c1-17-12-20(44-28(17)40-16-34-25-26(39(2)38-47-3)36-29(33)37-27(25)40)14-43-46(45-19-7-4-6-18(30)10-11-19)35-13-24(41)42-15-21-22(31)8-5-9-23(21)32;1-2/h4-6,8-11,16-17,20,28,35,38H,7,12-15H2,1-3H3,(H2,33,36,37);2H,1H3/t17?,20?,28-,46?;/m1./s1. The number of aliphatic hydroxyl groups is 1. The number of hydrogen-bond donors (Lipinski definition) is 4. The maximum Gasteiger partial charge on any atom is 0.320 e. The topological polar surface area (TPSA) is 171 Å². The van der Waals surface area contributed by atoms with Gasteiger partial charge in [0.2, 0.25) is 5.95 Å². The number of rotatable bonds is 14. The first-order valence-corrected chi connectivity index (χ1v) is 18.5. The highest BCUT2D eigenvalue weighted by molar-refractivity contribution is 9.11. The Labute approximate surface area is 302 Å². The lowest BCUT2D eigenvalue weighted by Crippen LogP contribution is -2.29. The van der Waals surface area contributed by atoms with Gasteiger partial charge >= 0.3 is 14.5 Å². The van der Waals surface area contributed by atoms with Crippen molar-refractivity contribution in [2.24, 2.45) is 5.92 Å². The zero-order valence-electron chi connectivity index (χ0n) is 27.2. The number of esters is 1. The molecule has 2 aliphatic rings. The zero-order valence-corrected chi connectivity index (χ0v) is 31.2. The first kappa shape index (κ1) is 38.9. The number of imidazole rings is 1. The molecule has 5 rings (SSSR count). The summed E-state index contributed by atoms with van der Waals surface area (Å²) in [5.74, 6) is 0.198. The van der Waals surface area contributed by atoms with Gasteiger partial charge in [0.25, 0.3) is 0 Å². The van der Waals surface area contributed by atoms with Crippen LogP contribution in [0.4, 0.5) is 16.2 Å². The number of nitrogens with two attached hydrogens (primary N) is 1. The number of allylic oxidation sites excluding steroid dienone is 5. The fourth-order valence-corrected chi connectivity index (χ4v) is 6.91. The highest BCUT2D eigenvalue weighted by Gasteiger charge is 2.36. The molecule has 49 heavy (non-hydrogen) atoms. The van der Waals surface area contributed by atoms with E-state index in [1.54, 1.807) is 11.3 Å². The lowest BCUT2D eigenvalue weighted by molar-refractivity contribution is -0.143. The Bertz CT molecular complexity index is 1670. The first-order chi connectivity index (χ1) is 23.6. The van der Waals surface area contributed by atoms with Gasteiger partial charge in [-0.3, -0.25) is 14.4 Å². The van der Waals surface area contributed by atoms with Crippen molar-refractivity contribution in [2.75, 3.05) is 44.3 Å². The maximum atomic E-state index is 14.1. The summed E-state index contributed by atoms with van der Waals surface area (Å²) in [6.07, 6.45) is 11.6. The van der Waals surface area contributed by atoms with E-state index in [0.29, 0.717) is 35.6 Å². The van der Waals surface area contributed by atoms with Crippen LogP contribution in [0.15, 0.2) is 59.1 Å². The maximum absolute atomic E-state index is 14.1. The number of hydrazine groups is 1. The molecule has 4 atom stereocenters. The van der Waals surface area contributed by atoms with Gasteiger partial charge in [0.15, 0.2) is 17.0 Å². The normalized spacial score (nSPS) is 19.4. The van der Waals surface area contributed by atoms with Crippen LogP contribution in [0.5, 0.6) is 0 Å². The fourth-order valence-electron chi connectivity index (χ4n) is 4.90. The number of nitrogens with one attached hydrogen (secondary N) is 2. The summed E-state index contributed by atoms with van der Waals surface area (Å²) < 4.78 is 40.9. The summed E-state index contributed by atoms with van der Waals surface area (Å²) in [6.45, 7) is 1.71. The molecule has 14 nitrogen and oxygen atoms in total. The molecule has 3 heterocycles. The first-order valence-electron chi connectivity index (χ1n) is 14.9. The van der Waals surface area contributed by atoms with Crippen molar-refractivity contribution in [1.82, 2.24) is 29.4 Å². The molecule has 0 spiro atoms. The summed E-state index contributed by atoms with van der Waals surface area (Å²) in [6, 6.07) is 4.27. The second-order valence-electron chi connectivity index (χ2n) is 10.6. The second kappa shape index (κ2) is 18.9. The number of nitrogen functional groups attached to an aromatic ring is 1. The Morgan fingerprint density at radius 3 is 2.90 bits per heavy atom. The molecule has 5 N–H and O–H groups in total. The molecule has 0 amide bonds. The lowest BCUT2D eigenvalue weighted by Gasteiger charge is -2.22. The molecular weight excluding hydrogens is 766 g/mol. The molecule has 19 heteroatoms. The van der Waals surface area contributed by atoms with Crippen LogP contribution in [0.2, 0.25) is 5.02 Å². The summed E-state index contributed by atoms with van der Waals surface area (Å²) in [5, 5.41) is 11.9. The van der Waals surface area contributed by atoms with Gasteiger partial charge in [-0.05, 0) is 37.0 Å². The molecule has 266 valence electrons. The summed E-state index contributed by atoms with van der Waals surface area (Å²) in [7, 11) is 1.02. The minimum Gasteiger partial charge on any atom is -0.460 e. The molecule has 0 saturated carbocycles. The number of anilines is 2.